The van der Waals surface area contributed by atoms with Gasteiger partial charge in [0.05, 0.1) is 32.5 Å². The van der Waals surface area contributed by atoms with Crippen molar-refractivity contribution < 1.29 is 43.6 Å². The van der Waals surface area contributed by atoms with Gasteiger partial charge in [-0.1, -0.05) is 57.7 Å². The number of ether oxygens (including phenoxy) is 2. The number of aromatic nitrogens is 9. The monoisotopic (exact) mass is 1570 g/mol. The number of hydrogen-bond acceptors (Lipinski definition) is 17. The van der Waals surface area contributed by atoms with Crippen LogP contribution in [0.2, 0.25) is 0 Å². The molecule has 3 aliphatic heterocycles. The van der Waals surface area contributed by atoms with Gasteiger partial charge in [-0.15, -0.1) is 0 Å². The summed E-state index contributed by atoms with van der Waals surface area (Å²) in [6.07, 6.45) is 34.6. The Morgan fingerprint density at radius 3 is 1.04 bits per heavy atom. The van der Waals surface area contributed by atoms with Gasteiger partial charge in [0.25, 0.3) is 17.7 Å². The maximum Gasteiger partial charge on any atom is 0.254 e. The number of benzene rings is 3. The Hall–Kier alpha value is -9.26. The number of methoxy groups -OCH3 is 2. The first-order valence-electron chi connectivity index (χ1n) is 43.1. The highest BCUT2D eigenvalue weighted by molar-refractivity contribution is 5.96. The van der Waals surface area contributed by atoms with E-state index in [-0.39, 0.29) is 41.9 Å². The number of nitrogens with zero attached hydrogens (tertiary/aromatic N) is 12. The number of halogens is 1. The van der Waals surface area contributed by atoms with Crippen LogP contribution in [-0.4, -0.2) is 181 Å². The van der Waals surface area contributed by atoms with Crippen LogP contribution in [0.1, 0.15) is 290 Å². The normalized spacial score (nSPS) is 21.4. The van der Waals surface area contributed by atoms with E-state index in [2.05, 4.69) is 94.8 Å². The minimum atomic E-state index is -0.371. The molecule has 24 heteroatoms. The minimum Gasteiger partial charge on any atom is -0.497 e. The quantitative estimate of drug-likeness (QED) is 0.0347. The number of rotatable bonds is 23. The van der Waals surface area contributed by atoms with Crippen molar-refractivity contribution in [1.29, 1.82) is 0 Å². The molecule has 0 bridgehead atoms. The largest absolute Gasteiger partial charge is 0.497 e. The molecule has 15 rings (SSSR count). The number of likely N-dealkylation sites (tertiary alicyclic amines) is 3. The summed E-state index contributed by atoms with van der Waals surface area (Å²) in [5.41, 5.74) is 10.4. The highest BCUT2D eigenvalue weighted by Crippen LogP contribution is 2.43. The summed E-state index contributed by atoms with van der Waals surface area (Å²) < 4.78 is 31.7. The fourth-order valence-electron chi connectivity index (χ4n) is 18.6. The second-order valence-corrected chi connectivity index (χ2v) is 33.8. The lowest BCUT2D eigenvalue weighted by Crippen LogP contribution is -2.38. The number of carbonyl (C=O) groups is 3. The lowest BCUT2D eigenvalue weighted by Gasteiger charge is -2.32. The first kappa shape index (κ1) is 83.7. The van der Waals surface area contributed by atoms with Gasteiger partial charge in [0.15, 0.2) is 0 Å². The van der Waals surface area contributed by atoms with E-state index < -0.39 is 0 Å². The van der Waals surface area contributed by atoms with E-state index in [9.17, 15) is 34.1 Å². The summed E-state index contributed by atoms with van der Waals surface area (Å²) in [4.78, 5) is 74.4. The van der Waals surface area contributed by atoms with Gasteiger partial charge in [-0.05, 0) is 252 Å². The van der Waals surface area contributed by atoms with Gasteiger partial charge in [0.2, 0.25) is 17.8 Å². The average Bonchev–Trinajstić information content (AvgIpc) is 1.63. The van der Waals surface area contributed by atoms with Gasteiger partial charge < -0.3 is 69.1 Å². The van der Waals surface area contributed by atoms with E-state index in [4.69, 9.17) is 34.4 Å². The lowest BCUT2D eigenvalue weighted by atomic mass is 9.89. The number of carbonyl (C=O) groups excluding carboxylic acids is 3. The number of anilines is 3. The summed E-state index contributed by atoms with van der Waals surface area (Å²) in [5, 5.41) is 44.0. The number of fused-ring (bicyclic) bond motifs is 3. The highest BCUT2D eigenvalue weighted by Gasteiger charge is 2.35. The first-order valence-corrected chi connectivity index (χ1v) is 43.1. The summed E-state index contributed by atoms with van der Waals surface area (Å²) in [6, 6.07) is 19.6. The molecule has 9 aromatic rings. The van der Waals surface area contributed by atoms with E-state index >= 15 is 0 Å². The molecule has 3 aromatic carbocycles. The number of aryl methyl sites for hydroxylation is 2. The minimum absolute atomic E-state index is 0.000842. The van der Waals surface area contributed by atoms with Crippen molar-refractivity contribution in [2.24, 2.45) is 0 Å². The third-order valence-electron chi connectivity index (χ3n) is 25.1. The van der Waals surface area contributed by atoms with Crippen molar-refractivity contribution in [3.05, 3.63) is 148 Å². The SMILES string of the molecule is CCC[C@H](C)Nc1ncc2c(C3CCN(C(=O)c4cc(C)cc(F)c4)CC3)cn(C3CCC(O)CC3)c2n1.CCC[C@H](C)Nc1ncc2c(C3CCN(C(=O)c4cc(OC)cc(OC)c4)CC3)cn(C3CCC(O)CC3)c2n1.CCC[C@H](C)Nc1ncc2c(C3CCN(C(=O)c4ccc(C)cc4)CC3)cn(C3CCC(O)CC3)c2n1. The molecule has 23 nitrogen and oxygen atoms in total. The highest BCUT2D eigenvalue weighted by atomic mass is 19.1. The second-order valence-electron chi connectivity index (χ2n) is 33.8. The van der Waals surface area contributed by atoms with Gasteiger partial charge in [-0.25, -0.2) is 19.3 Å². The smallest absolute Gasteiger partial charge is 0.254 e. The molecule has 115 heavy (non-hydrogen) atoms. The van der Waals surface area contributed by atoms with Crippen LogP contribution < -0.4 is 25.4 Å². The van der Waals surface area contributed by atoms with Crippen molar-refractivity contribution in [3.8, 4) is 11.5 Å². The molecule has 0 unspecified atom stereocenters. The maximum atomic E-state index is 13.9. The fraction of sp³-hybridized carbons (Fsp3) is 0.571. The molecule has 3 saturated heterocycles. The molecule has 3 amide bonds. The van der Waals surface area contributed by atoms with Crippen LogP contribution in [0.4, 0.5) is 22.2 Å². The zero-order chi connectivity index (χ0) is 81.0. The zero-order valence-corrected chi connectivity index (χ0v) is 69.5. The summed E-state index contributed by atoms with van der Waals surface area (Å²) in [6.45, 7) is 21.1. The lowest BCUT2D eigenvalue weighted by molar-refractivity contribution is 0.0705. The van der Waals surface area contributed by atoms with Crippen LogP contribution >= 0.6 is 0 Å². The van der Waals surface area contributed by atoms with Gasteiger partial charge in [-0.3, -0.25) is 14.4 Å². The Balaban J connectivity index is 0.000000150. The molecular formula is C91H124FN15O8. The molecule has 6 N–H and O–H groups in total. The van der Waals surface area contributed by atoms with Crippen molar-refractivity contribution in [2.45, 2.75) is 282 Å². The zero-order valence-electron chi connectivity index (χ0n) is 69.5. The van der Waals surface area contributed by atoms with Gasteiger partial charge >= 0.3 is 0 Å². The van der Waals surface area contributed by atoms with Crippen LogP contribution in [0.15, 0.2) is 97.8 Å². The van der Waals surface area contributed by atoms with Crippen molar-refractivity contribution in [2.75, 3.05) is 69.4 Å². The molecule has 6 aromatic heterocycles. The van der Waals surface area contributed by atoms with Gasteiger partial charge in [0.1, 0.15) is 34.3 Å². The molecule has 9 heterocycles. The standard InChI is InChI=1S/C31H43N5O4.C30H40FN5O2.C30H41N5O2/c1-5-6-20(2)33-31-32-18-27-28(19-36(29(27)34-31)23-7-9-24(37)10-8-23)21-11-13-35(14-12-21)30(38)22-15-25(39-3)17-26(16-22)40-4;1-4-5-20(3)33-30-32-17-26-27(18-36(28(26)34-30)24-6-8-25(37)9-7-24)21-10-12-35(13-11-21)29(38)22-14-19(2)15-23(31)16-22;1-4-5-21(3)32-30-31-18-26-27(19-35(28(26)33-30)24-10-12-25(36)13-11-24)22-14-16-34(17-15-22)29(37)23-8-6-20(2)7-9-23/h15-21,23-24,37H,5-14H2,1-4H3,(H,32,33,34);14-18,20-21,24-25,37H,4-13H2,1-3H3,(H,32,33,34);6-9,18-19,21-22,24-25,36H,4-5,10-17H2,1-3H3,(H,31,32,33)/t20-,23?,24?;20-,24?,25?;21-,24?,25?/m000/s1. The number of aliphatic hydroxyl groups is 3. The average molecular weight is 1580 g/mol. The molecule has 0 spiro atoms. The number of hydrogen-bond donors (Lipinski definition) is 6. The van der Waals surface area contributed by atoms with Crippen LogP contribution in [0.25, 0.3) is 33.1 Å². The summed E-state index contributed by atoms with van der Waals surface area (Å²) >= 11 is 0. The van der Waals surface area contributed by atoms with E-state index in [1.165, 1.54) is 34.4 Å². The summed E-state index contributed by atoms with van der Waals surface area (Å²) in [5.74, 6) is 3.89. The first-order chi connectivity index (χ1) is 55.6. The maximum absolute atomic E-state index is 13.9. The number of amides is 3. The van der Waals surface area contributed by atoms with Crippen LogP contribution in [0, 0.1) is 19.7 Å². The van der Waals surface area contributed by atoms with E-state index in [0.717, 1.165) is 211 Å². The van der Waals surface area contributed by atoms with E-state index in [1.54, 1.807) is 38.5 Å². The summed E-state index contributed by atoms with van der Waals surface area (Å²) in [7, 11) is 3.18. The van der Waals surface area contributed by atoms with Crippen molar-refractivity contribution in [1.82, 2.24) is 58.3 Å². The Bertz CT molecular complexity index is 4680. The number of nitrogens with one attached hydrogen (secondary N) is 3. The molecule has 3 atom stereocenters. The molecular weight excluding hydrogens is 1450 g/mol. The van der Waals surface area contributed by atoms with Crippen molar-refractivity contribution in [3.63, 3.8) is 0 Å². The second kappa shape index (κ2) is 38.7. The Morgan fingerprint density at radius 2 is 0.739 bits per heavy atom. The van der Waals surface area contributed by atoms with Crippen LogP contribution in [0.3, 0.4) is 0 Å². The third-order valence-corrected chi connectivity index (χ3v) is 25.1. The Labute approximate surface area is 678 Å². The fourth-order valence-corrected chi connectivity index (χ4v) is 18.6. The van der Waals surface area contributed by atoms with Crippen LogP contribution in [-0.2, 0) is 0 Å². The molecule has 3 saturated carbocycles. The Morgan fingerprint density at radius 1 is 0.426 bits per heavy atom. The van der Waals surface area contributed by atoms with Crippen LogP contribution in [0.5, 0.6) is 11.5 Å². The van der Waals surface area contributed by atoms with Gasteiger partial charge in [0, 0.05) is 152 Å². The number of aliphatic hydroxyl groups excluding tert-OH is 3. The third kappa shape index (κ3) is 20.4. The van der Waals surface area contributed by atoms with E-state index in [1.807, 2.05) is 71.4 Å². The molecule has 0 radical (unpaired) electrons. The Kier molecular flexibility index (Phi) is 28.1. The molecule has 618 valence electrons. The van der Waals surface area contributed by atoms with Crippen molar-refractivity contribution >= 4 is 68.7 Å². The molecule has 3 aliphatic carbocycles. The predicted molar refractivity (Wildman–Crippen MR) is 453 cm³/mol. The molecule has 6 aliphatic rings. The predicted octanol–water partition coefficient (Wildman–Crippen LogP) is 17.4. The number of piperidine rings is 3. The topological polar surface area (TPSA) is 268 Å². The van der Waals surface area contributed by atoms with Gasteiger partial charge in [-0.2, -0.15) is 15.0 Å². The van der Waals surface area contributed by atoms with E-state index in [0.29, 0.717) is 121 Å². The molecule has 6 fully saturated rings.